The fourth-order valence-corrected chi connectivity index (χ4v) is 1.49. The zero-order valence-corrected chi connectivity index (χ0v) is 14.5. The van der Waals surface area contributed by atoms with Gasteiger partial charge in [0.1, 0.15) is 0 Å². The molecule has 0 aliphatic carbocycles. The molecule has 0 saturated heterocycles. The molecule has 0 atom stereocenters. The summed E-state index contributed by atoms with van der Waals surface area (Å²) >= 11 is 10.0. The predicted octanol–water partition coefficient (Wildman–Crippen LogP) is 3.91. The second-order valence-electron chi connectivity index (χ2n) is 4.66. The van der Waals surface area contributed by atoms with Crippen LogP contribution in [-0.4, -0.2) is 21.8 Å². The Labute approximate surface area is 140 Å². The van der Waals surface area contributed by atoms with Crippen molar-refractivity contribution in [2.75, 3.05) is 10.6 Å². The van der Waals surface area contributed by atoms with Crippen molar-refractivity contribution < 1.29 is 9.68 Å². The van der Waals surface area contributed by atoms with E-state index < -0.39 is 0 Å². The van der Waals surface area contributed by atoms with Crippen molar-refractivity contribution in [2.24, 2.45) is 10.3 Å². The van der Waals surface area contributed by atoms with E-state index in [0.29, 0.717) is 0 Å². The molecule has 22 heavy (non-hydrogen) atoms. The Hall–Kier alpha value is -2.06. The molecule has 0 aliphatic rings. The van der Waals surface area contributed by atoms with E-state index in [4.69, 9.17) is 34.1 Å². The highest BCUT2D eigenvalue weighted by Crippen LogP contribution is 2.14. The van der Waals surface area contributed by atoms with Gasteiger partial charge in [0.15, 0.2) is 0 Å². The highest BCUT2D eigenvalue weighted by atomic mass is 32.1. The van der Waals surface area contributed by atoms with E-state index in [9.17, 15) is 0 Å². The average molecular weight is 338 g/mol. The van der Waals surface area contributed by atoms with Crippen LogP contribution >= 0.6 is 24.4 Å². The molecule has 0 saturated carbocycles. The Morgan fingerprint density at radius 1 is 0.773 bits per heavy atom. The lowest BCUT2D eigenvalue weighted by atomic mass is 10.3. The molecule has 118 valence electrons. The third kappa shape index (κ3) is 7.65. The van der Waals surface area contributed by atoms with Crippen molar-refractivity contribution in [3.05, 3.63) is 24.3 Å². The highest BCUT2D eigenvalue weighted by Gasteiger charge is 2.01. The zero-order valence-electron chi connectivity index (χ0n) is 12.8. The molecule has 0 radical (unpaired) electrons. The molecule has 0 fully saturated rings. The van der Waals surface area contributed by atoms with Crippen LogP contribution in [0.4, 0.5) is 11.4 Å². The molecular formula is C14H18N4O2S2. The minimum absolute atomic E-state index is 0.175. The summed E-state index contributed by atoms with van der Waals surface area (Å²) < 4.78 is 0. The first-order valence-corrected chi connectivity index (χ1v) is 7.27. The molecule has 0 unspecified atom stereocenters. The van der Waals surface area contributed by atoms with Crippen molar-refractivity contribution in [1.82, 2.24) is 0 Å². The van der Waals surface area contributed by atoms with E-state index in [1.54, 1.807) is 0 Å². The number of thiocarbonyl (C=S) groups is 2. The van der Waals surface area contributed by atoms with Crippen molar-refractivity contribution in [3.63, 3.8) is 0 Å². The van der Waals surface area contributed by atoms with Crippen LogP contribution in [0.1, 0.15) is 27.7 Å². The third-order valence-corrected chi connectivity index (χ3v) is 2.35. The molecule has 8 heteroatoms. The molecule has 0 spiro atoms. The standard InChI is InChI=1S/C14H18N4O2S2/c1-9(2)17-19-13(21)15-11-5-7-12(8-6-11)16-14(22)20-18-10(3)4/h5-8H,1-4H3,(H,15,21)(H,16,22). The van der Waals surface area contributed by atoms with Crippen molar-refractivity contribution in [3.8, 4) is 0 Å². The van der Waals surface area contributed by atoms with Crippen molar-refractivity contribution in [2.45, 2.75) is 27.7 Å². The highest BCUT2D eigenvalue weighted by molar-refractivity contribution is 7.80. The minimum atomic E-state index is 0.175. The first-order valence-electron chi connectivity index (χ1n) is 6.45. The molecule has 2 N–H and O–H groups in total. The molecule has 0 aromatic heterocycles. The molecule has 1 aromatic rings. The van der Waals surface area contributed by atoms with Crippen LogP contribution < -0.4 is 10.6 Å². The topological polar surface area (TPSA) is 67.2 Å². The number of benzene rings is 1. The van der Waals surface area contributed by atoms with Gasteiger partial charge >= 0.3 is 0 Å². The second kappa shape index (κ2) is 9.06. The molecule has 1 aromatic carbocycles. The maximum Gasteiger partial charge on any atom is 0.293 e. The Morgan fingerprint density at radius 2 is 1.09 bits per heavy atom. The average Bonchev–Trinajstić information content (AvgIpc) is 2.45. The molecule has 0 aliphatic heterocycles. The summed E-state index contributed by atoms with van der Waals surface area (Å²) in [6, 6.07) is 7.27. The summed E-state index contributed by atoms with van der Waals surface area (Å²) in [7, 11) is 0. The van der Waals surface area contributed by atoms with E-state index in [1.165, 1.54) is 0 Å². The van der Waals surface area contributed by atoms with Gasteiger partial charge in [-0.3, -0.25) is 0 Å². The van der Waals surface area contributed by atoms with Crippen LogP contribution in [0, 0.1) is 0 Å². The number of nitrogens with zero attached hydrogens (tertiary/aromatic N) is 2. The number of oxime groups is 2. The third-order valence-electron chi connectivity index (χ3n) is 2.00. The monoisotopic (exact) mass is 338 g/mol. The summed E-state index contributed by atoms with van der Waals surface area (Å²) in [6.45, 7) is 7.27. The van der Waals surface area contributed by atoms with Crippen molar-refractivity contribution >= 4 is 57.6 Å². The number of hydrogen-bond acceptors (Lipinski definition) is 6. The Morgan fingerprint density at radius 3 is 1.36 bits per heavy atom. The normalized spacial score (nSPS) is 9.27. The summed E-state index contributed by atoms with van der Waals surface area (Å²) in [5, 5.41) is 13.7. The fourth-order valence-electron chi connectivity index (χ4n) is 1.18. The first-order chi connectivity index (χ1) is 10.4. The Kier molecular flexibility index (Phi) is 7.41. The van der Waals surface area contributed by atoms with Gasteiger partial charge in [-0.2, -0.15) is 0 Å². The van der Waals surface area contributed by atoms with Gasteiger partial charge in [-0.1, -0.05) is 10.3 Å². The predicted molar refractivity (Wildman–Crippen MR) is 98.6 cm³/mol. The lowest BCUT2D eigenvalue weighted by Gasteiger charge is -2.08. The largest absolute Gasteiger partial charge is 0.326 e. The molecule has 0 amide bonds. The molecule has 6 nitrogen and oxygen atoms in total. The van der Waals surface area contributed by atoms with Gasteiger partial charge in [-0.25, -0.2) is 0 Å². The fraction of sp³-hybridized carbons (Fsp3) is 0.286. The summed E-state index contributed by atoms with van der Waals surface area (Å²) in [4.78, 5) is 9.99. The number of hydrogen-bond donors (Lipinski definition) is 2. The van der Waals surface area contributed by atoms with Gasteiger partial charge < -0.3 is 20.3 Å². The van der Waals surface area contributed by atoms with Crippen LogP contribution in [0.3, 0.4) is 0 Å². The summed E-state index contributed by atoms with van der Waals surface area (Å²) in [6.07, 6.45) is 0. The SMILES string of the molecule is CC(C)=NOC(=S)Nc1ccc(NC(=S)ON=C(C)C)cc1. The quantitative estimate of drug-likeness (QED) is 0.493. The Bertz CT molecular complexity index is 536. The van der Waals surface area contributed by atoms with Crippen LogP contribution in [-0.2, 0) is 9.68 Å². The smallest absolute Gasteiger partial charge is 0.293 e. The molecular weight excluding hydrogens is 320 g/mol. The van der Waals surface area contributed by atoms with Gasteiger partial charge in [0, 0.05) is 11.4 Å². The zero-order chi connectivity index (χ0) is 16.5. The van der Waals surface area contributed by atoms with E-state index in [-0.39, 0.29) is 10.3 Å². The summed E-state index contributed by atoms with van der Waals surface area (Å²) in [5.74, 6) is 0. The van der Waals surface area contributed by atoms with Gasteiger partial charge in [0.25, 0.3) is 10.3 Å². The van der Waals surface area contributed by atoms with Crippen molar-refractivity contribution in [1.29, 1.82) is 0 Å². The number of nitrogens with one attached hydrogen (secondary N) is 2. The van der Waals surface area contributed by atoms with Gasteiger partial charge in [0.05, 0.1) is 11.4 Å². The van der Waals surface area contributed by atoms with Gasteiger partial charge in [-0.05, 0) is 76.4 Å². The van der Waals surface area contributed by atoms with Gasteiger partial charge in [0.2, 0.25) is 0 Å². The van der Waals surface area contributed by atoms with E-state index >= 15 is 0 Å². The maximum absolute atomic E-state index is 5.00. The van der Waals surface area contributed by atoms with Crippen LogP contribution in [0.2, 0.25) is 0 Å². The van der Waals surface area contributed by atoms with E-state index in [1.807, 2.05) is 52.0 Å². The van der Waals surface area contributed by atoms with E-state index in [2.05, 4.69) is 20.9 Å². The second-order valence-corrected chi connectivity index (χ2v) is 5.40. The summed E-state index contributed by atoms with van der Waals surface area (Å²) in [5.41, 5.74) is 3.10. The minimum Gasteiger partial charge on any atom is -0.326 e. The van der Waals surface area contributed by atoms with Crippen LogP contribution in [0.25, 0.3) is 0 Å². The number of anilines is 2. The molecule has 0 heterocycles. The number of rotatable bonds is 4. The van der Waals surface area contributed by atoms with Crippen LogP contribution in [0.5, 0.6) is 0 Å². The van der Waals surface area contributed by atoms with Gasteiger partial charge in [-0.15, -0.1) is 0 Å². The molecule has 1 rings (SSSR count). The maximum atomic E-state index is 5.00. The lowest BCUT2D eigenvalue weighted by Crippen LogP contribution is -2.12. The van der Waals surface area contributed by atoms with Crippen LogP contribution in [0.15, 0.2) is 34.6 Å². The lowest BCUT2D eigenvalue weighted by molar-refractivity contribution is 0.335. The first kappa shape index (κ1) is 18.0. The Balaban J connectivity index is 2.52. The van der Waals surface area contributed by atoms with E-state index in [0.717, 1.165) is 22.8 Å². The molecule has 0 bridgehead atoms.